The summed E-state index contributed by atoms with van der Waals surface area (Å²) >= 11 is 0. The standard InChI is InChI=1S/C19H28FN3O3.HI/c1-4-21-19(23-11-9-15(10-12-23)18(24)26-3)22-13-17(25-2)14-5-7-16(20)8-6-14;/h5-8,15,17H,4,9-13H2,1-3H3,(H,21,22);1H. The van der Waals surface area contributed by atoms with E-state index in [0.29, 0.717) is 6.54 Å². The topological polar surface area (TPSA) is 63.2 Å². The lowest BCUT2D eigenvalue weighted by Crippen LogP contribution is -2.46. The number of nitrogens with zero attached hydrogens (tertiary/aromatic N) is 2. The van der Waals surface area contributed by atoms with Gasteiger partial charge >= 0.3 is 5.97 Å². The molecular formula is C19H29FIN3O3. The highest BCUT2D eigenvalue weighted by atomic mass is 127. The lowest BCUT2D eigenvalue weighted by Gasteiger charge is -2.33. The van der Waals surface area contributed by atoms with Crippen molar-refractivity contribution in [3.63, 3.8) is 0 Å². The van der Waals surface area contributed by atoms with E-state index in [0.717, 1.165) is 44.0 Å². The van der Waals surface area contributed by atoms with Crippen molar-refractivity contribution in [2.24, 2.45) is 10.9 Å². The second-order valence-corrected chi connectivity index (χ2v) is 6.26. The van der Waals surface area contributed by atoms with Crippen LogP contribution in [0.3, 0.4) is 0 Å². The van der Waals surface area contributed by atoms with Gasteiger partial charge in [0.2, 0.25) is 0 Å². The monoisotopic (exact) mass is 493 g/mol. The van der Waals surface area contributed by atoms with Crippen molar-refractivity contribution in [2.45, 2.75) is 25.9 Å². The third-order valence-corrected chi connectivity index (χ3v) is 4.60. The molecule has 1 aromatic carbocycles. The van der Waals surface area contributed by atoms with Gasteiger partial charge in [-0.05, 0) is 37.5 Å². The van der Waals surface area contributed by atoms with Crippen LogP contribution in [-0.4, -0.2) is 57.2 Å². The predicted octanol–water partition coefficient (Wildman–Crippen LogP) is 2.98. The Labute approximate surface area is 177 Å². The van der Waals surface area contributed by atoms with Crippen molar-refractivity contribution in [1.29, 1.82) is 0 Å². The molecule has 0 radical (unpaired) electrons. The number of esters is 1. The molecule has 6 nitrogen and oxygen atoms in total. The van der Waals surface area contributed by atoms with Gasteiger partial charge < -0.3 is 19.7 Å². The molecule has 1 saturated heterocycles. The lowest BCUT2D eigenvalue weighted by molar-refractivity contribution is -0.146. The molecule has 1 heterocycles. The Bertz CT molecular complexity index is 605. The third kappa shape index (κ3) is 6.91. The number of likely N-dealkylation sites (tertiary alicyclic amines) is 1. The van der Waals surface area contributed by atoms with E-state index in [-0.39, 0.29) is 47.8 Å². The van der Waals surface area contributed by atoms with E-state index in [1.807, 2.05) is 6.92 Å². The van der Waals surface area contributed by atoms with Gasteiger partial charge in [-0.25, -0.2) is 4.39 Å². The lowest BCUT2D eigenvalue weighted by atomic mass is 9.97. The zero-order valence-electron chi connectivity index (χ0n) is 16.1. The Kier molecular flexibility index (Phi) is 10.6. The summed E-state index contributed by atoms with van der Waals surface area (Å²) in [5.74, 6) is 0.362. The first-order valence-electron chi connectivity index (χ1n) is 8.98. The molecule has 0 amide bonds. The van der Waals surface area contributed by atoms with Crippen molar-refractivity contribution < 1.29 is 18.7 Å². The molecule has 0 bridgehead atoms. The smallest absolute Gasteiger partial charge is 0.308 e. The molecule has 0 saturated carbocycles. The van der Waals surface area contributed by atoms with Crippen LogP contribution in [0.4, 0.5) is 4.39 Å². The summed E-state index contributed by atoms with van der Waals surface area (Å²) in [6.07, 6.45) is 1.27. The van der Waals surface area contributed by atoms with Gasteiger partial charge in [-0.3, -0.25) is 9.79 Å². The van der Waals surface area contributed by atoms with Gasteiger partial charge in [0.15, 0.2) is 5.96 Å². The number of piperidine rings is 1. The van der Waals surface area contributed by atoms with Crippen LogP contribution in [0, 0.1) is 11.7 Å². The minimum atomic E-state index is -0.270. The van der Waals surface area contributed by atoms with Crippen LogP contribution >= 0.6 is 24.0 Å². The maximum absolute atomic E-state index is 13.1. The van der Waals surface area contributed by atoms with Gasteiger partial charge in [-0.1, -0.05) is 12.1 Å². The molecule has 1 aromatic rings. The zero-order chi connectivity index (χ0) is 18.9. The number of carbonyl (C=O) groups excluding carboxylic acids is 1. The van der Waals surface area contributed by atoms with E-state index >= 15 is 0 Å². The zero-order valence-corrected chi connectivity index (χ0v) is 18.4. The van der Waals surface area contributed by atoms with Crippen LogP contribution in [-0.2, 0) is 14.3 Å². The number of benzene rings is 1. The van der Waals surface area contributed by atoms with Gasteiger partial charge in [0.25, 0.3) is 0 Å². The fourth-order valence-electron chi connectivity index (χ4n) is 3.08. The number of nitrogens with one attached hydrogen (secondary N) is 1. The molecule has 1 aliphatic rings. The average Bonchev–Trinajstić information content (AvgIpc) is 2.68. The maximum Gasteiger partial charge on any atom is 0.308 e. The molecular weight excluding hydrogens is 464 g/mol. The number of halogens is 2. The van der Waals surface area contributed by atoms with Crippen LogP contribution in [0.2, 0.25) is 0 Å². The summed E-state index contributed by atoms with van der Waals surface area (Å²) < 4.78 is 23.5. The predicted molar refractivity (Wildman–Crippen MR) is 114 cm³/mol. The Morgan fingerprint density at radius 3 is 2.44 bits per heavy atom. The number of ether oxygens (including phenoxy) is 2. The molecule has 8 heteroatoms. The van der Waals surface area contributed by atoms with Crippen molar-refractivity contribution in [3.05, 3.63) is 35.6 Å². The maximum atomic E-state index is 13.1. The molecule has 1 N–H and O–H groups in total. The van der Waals surface area contributed by atoms with Crippen LogP contribution < -0.4 is 5.32 Å². The first-order chi connectivity index (χ1) is 12.6. The van der Waals surface area contributed by atoms with Crippen LogP contribution in [0.1, 0.15) is 31.4 Å². The van der Waals surface area contributed by atoms with Gasteiger partial charge in [-0.2, -0.15) is 0 Å². The highest BCUT2D eigenvalue weighted by Crippen LogP contribution is 2.20. The van der Waals surface area contributed by atoms with Gasteiger partial charge in [0.1, 0.15) is 11.9 Å². The molecule has 27 heavy (non-hydrogen) atoms. The quantitative estimate of drug-likeness (QED) is 0.286. The molecule has 152 valence electrons. The van der Waals surface area contributed by atoms with Crippen molar-refractivity contribution in [3.8, 4) is 0 Å². The van der Waals surface area contributed by atoms with E-state index in [9.17, 15) is 9.18 Å². The molecule has 1 atom stereocenters. The summed E-state index contributed by atoms with van der Waals surface area (Å²) in [4.78, 5) is 18.5. The summed E-state index contributed by atoms with van der Waals surface area (Å²) in [5, 5.41) is 3.29. The number of hydrogen-bond acceptors (Lipinski definition) is 4. The Morgan fingerprint density at radius 2 is 1.93 bits per heavy atom. The molecule has 0 aliphatic carbocycles. The Hall–Kier alpha value is -1.42. The number of carbonyl (C=O) groups is 1. The summed E-state index contributed by atoms with van der Waals surface area (Å²) in [6, 6.07) is 6.28. The summed E-state index contributed by atoms with van der Waals surface area (Å²) in [5.41, 5.74) is 0.887. The number of methoxy groups -OCH3 is 2. The average molecular weight is 493 g/mol. The highest BCUT2D eigenvalue weighted by Gasteiger charge is 2.27. The van der Waals surface area contributed by atoms with Crippen LogP contribution in [0.25, 0.3) is 0 Å². The molecule has 0 spiro atoms. The van der Waals surface area contributed by atoms with Crippen molar-refractivity contribution in [2.75, 3.05) is 40.4 Å². The van der Waals surface area contributed by atoms with E-state index in [1.165, 1.54) is 19.2 Å². The molecule has 0 aromatic heterocycles. The molecule has 1 fully saturated rings. The third-order valence-electron chi connectivity index (χ3n) is 4.60. The summed E-state index contributed by atoms with van der Waals surface area (Å²) in [7, 11) is 3.05. The van der Waals surface area contributed by atoms with Crippen LogP contribution in [0.15, 0.2) is 29.3 Å². The largest absolute Gasteiger partial charge is 0.469 e. The second-order valence-electron chi connectivity index (χ2n) is 6.26. The second kappa shape index (κ2) is 12.1. The van der Waals surface area contributed by atoms with Crippen molar-refractivity contribution >= 4 is 35.9 Å². The van der Waals surface area contributed by atoms with E-state index in [1.54, 1.807) is 19.2 Å². The number of hydrogen-bond donors (Lipinski definition) is 1. The first kappa shape index (κ1) is 23.6. The van der Waals surface area contributed by atoms with E-state index < -0.39 is 0 Å². The Morgan fingerprint density at radius 1 is 1.30 bits per heavy atom. The number of rotatable bonds is 6. The minimum Gasteiger partial charge on any atom is -0.469 e. The van der Waals surface area contributed by atoms with E-state index in [4.69, 9.17) is 14.5 Å². The van der Waals surface area contributed by atoms with Crippen molar-refractivity contribution in [1.82, 2.24) is 10.2 Å². The fraction of sp³-hybridized carbons (Fsp3) is 0.579. The molecule has 2 rings (SSSR count). The fourth-order valence-corrected chi connectivity index (χ4v) is 3.08. The van der Waals surface area contributed by atoms with Crippen LogP contribution in [0.5, 0.6) is 0 Å². The van der Waals surface area contributed by atoms with E-state index in [2.05, 4.69) is 10.2 Å². The van der Waals surface area contributed by atoms with Gasteiger partial charge in [-0.15, -0.1) is 24.0 Å². The Balaban J connectivity index is 0.00000364. The van der Waals surface area contributed by atoms with Gasteiger partial charge in [0, 0.05) is 26.7 Å². The first-order valence-corrected chi connectivity index (χ1v) is 8.98. The number of aliphatic imine (C=N–C) groups is 1. The summed E-state index contributed by atoms with van der Waals surface area (Å²) in [6.45, 7) is 4.70. The normalized spacial score (nSPS) is 16.4. The number of guanidine groups is 1. The molecule has 1 unspecified atom stereocenters. The SMILES string of the molecule is CCNC(=NCC(OC)c1ccc(F)cc1)N1CCC(C(=O)OC)CC1.I. The van der Waals surface area contributed by atoms with Gasteiger partial charge in [0.05, 0.1) is 19.6 Å². The highest BCUT2D eigenvalue weighted by molar-refractivity contribution is 14.0. The molecule has 1 aliphatic heterocycles. The minimum absolute atomic E-state index is 0.